The molecule has 2 aromatic carbocycles. The molecule has 0 aliphatic heterocycles. The minimum Gasteiger partial charge on any atom is -0.481 e. The summed E-state index contributed by atoms with van der Waals surface area (Å²) in [5.74, 6) is -0.757. The van der Waals surface area contributed by atoms with Crippen molar-refractivity contribution in [2.75, 3.05) is 0 Å². The highest BCUT2D eigenvalue weighted by molar-refractivity contribution is 7.89. The van der Waals surface area contributed by atoms with E-state index in [0.717, 1.165) is 12.0 Å². The van der Waals surface area contributed by atoms with Gasteiger partial charge in [0.15, 0.2) is 0 Å². The third-order valence-electron chi connectivity index (χ3n) is 4.75. The molecule has 0 aromatic heterocycles. The zero-order valence-corrected chi connectivity index (χ0v) is 17.4. The number of ether oxygens (including phenoxy) is 1. The number of carbonyl (C=O) groups is 2. The predicted octanol–water partition coefficient (Wildman–Crippen LogP) is 3.49. The fourth-order valence-electron chi connectivity index (χ4n) is 2.63. The molecule has 0 aliphatic rings. The normalized spacial score (nSPS) is 12.9. The Balaban J connectivity index is 2.28. The summed E-state index contributed by atoms with van der Waals surface area (Å²) in [4.78, 5) is 21.7. The molecule has 0 amide bonds. The summed E-state index contributed by atoms with van der Waals surface area (Å²) in [7, 11) is -4.17. The highest BCUT2D eigenvalue weighted by Gasteiger charge is 2.25. The lowest BCUT2D eigenvalue weighted by molar-refractivity contribution is -0.138. The first-order chi connectivity index (χ1) is 13.6. The first-order valence-corrected chi connectivity index (χ1v) is 10.6. The van der Waals surface area contributed by atoms with Crippen LogP contribution in [0.1, 0.15) is 39.2 Å². The van der Waals surface area contributed by atoms with E-state index in [4.69, 9.17) is 9.84 Å². The molecule has 0 saturated carbocycles. The number of carbonyl (C=O) groups excluding carboxylic acids is 1. The summed E-state index contributed by atoms with van der Waals surface area (Å²) >= 11 is 0. The van der Waals surface area contributed by atoms with Crippen molar-refractivity contribution in [3.05, 3.63) is 54.1 Å². The van der Waals surface area contributed by atoms with Crippen LogP contribution < -0.4 is 9.46 Å². The van der Waals surface area contributed by atoms with E-state index in [9.17, 15) is 18.0 Å². The van der Waals surface area contributed by atoms with Crippen LogP contribution in [0.5, 0.6) is 11.5 Å². The predicted molar refractivity (Wildman–Crippen MR) is 109 cm³/mol. The van der Waals surface area contributed by atoms with Crippen LogP contribution in [0.15, 0.2) is 53.4 Å². The number of nitrogens with one attached hydrogen (secondary N) is 1. The first-order valence-electron chi connectivity index (χ1n) is 9.16. The number of carboxylic acids is 1. The van der Waals surface area contributed by atoms with Gasteiger partial charge in [0, 0.05) is 0 Å². The van der Waals surface area contributed by atoms with Gasteiger partial charge in [0.05, 0.1) is 12.5 Å². The van der Waals surface area contributed by atoms with Gasteiger partial charge in [-0.15, -0.1) is 0 Å². The number of rotatable bonds is 10. The summed E-state index contributed by atoms with van der Waals surface area (Å²) in [5, 5.41) is 8.81. The first kappa shape index (κ1) is 22.6. The fourth-order valence-corrected chi connectivity index (χ4v) is 3.93. The second-order valence-corrected chi connectivity index (χ2v) is 8.95. The topological polar surface area (TPSA) is 110 Å². The molecule has 0 fully saturated rings. The van der Waals surface area contributed by atoms with Crippen LogP contribution in [0.3, 0.4) is 0 Å². The molecule has 2 N–H and O–H groups in total. The Kier molecular flexibility index (Phi) is 7.16. The van der Waals surface area contributed by atoms with E-state index < -0.39 is 28.5 Å². The summed E-state index contributed by atoms with van der Waals surface area (Å²) in [5.41, 5.74) is 1.15. The van der Waals surface area contributed by atoms with Crippen LogP contribution in [0, 0.1) is 0 Å². The van der Waals surface area contributed by atoms with E-state index in [1.807, 2.05) is 12.1 Å². The molecule has 8 heteroatoms. The van der Waals surface area contributed by atoms with Crippen molar-refractivity contribution >= 4 is 22.3 Å². The van der Waals surface area contributed by atoms with Crippen molar-refractivity contribution in [2.45, 2.75) is 50.0 Å². The minimum absolute atomic E-state index is 0.0116. The molecule has 0 spiro atoms. The van der Waals surface area contributed by atoms with Gasteiger partial charge in [0.25, 0.3) is 0 Å². The van der Waals surface area contributed by atoms with Gasteiger partial charge in [-0.05, 0) is 41.7 Å². The molecule has 0 unspecified atom stereocenters. The van der Waals surface area contributed by atoms with Gasteiger partial charge in [-0.3, -0.25) is 4.79 Å². The lowest BCUT2D eigenvalue weighted by atomic mass is 9.82. The molecule has 156 valence electrons. The quantitative estimate of drug-likeness (QED) is 0.571. The summed E-state index contributed by atoms with van der Waals surface area (Å²) in [6.45, 7) is 6.38. The maximum absolute atomic E-state index is 12.7. The fraction of sp³-hybridized carbons (Fsp3) is 0.333. The summed E-state index contributed by atoms with van der Waals surface area (Å²) < 4.78 is 33.2. The van der Waals surface area contributed by atoms with E-state index in [0.29, 0.717) is 5.75 Å². The third kappa shape index (κ3) is 5.88. The number of benzene rings is 2. The second-order valence-electron chi connectivity index (χ2n) is 7.27. The van der Waals surface area contributed by atoms with Crippen LogP contribution in [-0.4, -0.2) is 31.8 Å². The smallest absolute Gasteiger partial charge is 0.305 e. The molecule has 0 heterocycles. The largest absolute Gasteiger partial charge is 0.481 e. The average Bonchev–Trinajstić information content (AvgIpc) is 2.67. The van der Waals surface area contributed by atoms with Gasteiger partial charge >= 0.3 is 5.97 Å². The Hall–Kier alpha value is -2.71. The van der Waals surface area contributed by atoms with E-state index in [1.165, 1.54) is 18.2 Å². The van der Waals surface area contributed by atoms with E-state index in [1.54, 1.807) is 18.2 Å². The van der Waals surface area contributed by atoms with E-state index in [2.05, 4.69) is 25.5 Å². The number of carboxylic acid groups (broad SMARTS) is 1. The monoisotopic (exact) mass is 419 g/mol. The molecule has 0 radical (unpaired) electrons. The van der Waals surface area contributed by atoms with Gasteiger partial charge < -0.3 is 14.6 Å². The van der Waals surface area contributed by atoms with Gasteiger partial charge in [-0.1, -0.05) is 45.0 Å². The maximum Gasteiger partial charge on any atom is 0.305 e. The molecule has 0 bridgehead atoms. The Morgan fingerprint density at radius 2 is 1.79 bits per heavy atom. The maximum atomic E-state index is 12.7. The Morgan fingerprint density at radius 1 is 1.17 bits per heavy atom. The summed E-state index contributed by atoms with van der Waals surface area (Å²) in [6.07, 6.45) is 0.567. The molecule has 7 nitrogen and oxygen atoms in total. The zero-order chi connectivity index (χ0) is 21.7. The van der Waals surface area contributed by atoms with Gasteiger partial charge in [-0.25, -0.2) is 13.1 Å². The minimum atomic E-state index is -4.17. The van der Waals surface area contributed by atoms with E-state index in [-0.39, 0.29) is 22.3 Å². The van der Waals surface area contributed by atoms with Crippen LogP contribution >= 0.6 is 0 Å². The molecular weight excluding hydrogens is 394 g/mol. The molecule has 2 aromatic rings. The Morgan fingerprint density at radius 3 is 2.34 bits per heavy atom. The lowest BCUT2D eigenvalue weighted by Gasteiger charge is -2.23. The van der Waals surface area contributed by atoms with Crippen LogP contribution in [0.25, 0.3) is 0 Å². The van der Waals surface area contributed by atoms with Crippen LogP contribution in [0.2, 0.25) is 0 Å². The third-order valence-corrected chi connectivity index (χ3v) is 6.28. The number of aldehydes is 1. The van der Waals surface area contributed by atoms with Crippen molar-refractivity contribution in [2.24, 2.45) is 0 Å². The lowest BCUT2D eigenvalue weighted by Crippen LogP contribution is -2.37. The Labute approximate surface area is 170 Å². The average molecular weight is 419 g/mol. The molecular formula is C21H25NO6S. The highest BCUT2D eigenvalue weighted by Crippen LogP contribution is 2.32. The van der Waals surface area contributed by atoms with Gasteiger partial charge in [0.2, 0.25) is 10.0 Å². The molecule has 0 saturated heterocycles. The van der Waals surface area contributed by atoms with Gasteiger partial charge in [-0.2, -0.15) is 0 Å². The SMILES string of the molecule is CCC(C)(C)c1ccc(Oc2ccccc2S(=O)(=O)N[C@H](C=O)CC(=O)O)cc1. The van der Waals surface area contributed by atoms with Crippen molar-refractivity contribution in [3.8, 4) is 11.5 Å². The molecule has 2 rings (SSSR count). The Bertz CT molecular complexity index is 967. The van der Waals surface area contributed by atoms with Crippen molar-refractivity contribution in [3.63, 3.8) is 0 Å². The van der Waals surface area contributed by atoms with E-state index >= 15 is 0 Å². The second kappa shape index (κ2) is 9.19. The van der Waals surface area contributed by atoms with Gasteiger partial charge in [0.1, 0.15) is 22.7 Å². The standard InChI is InChI=1S/C21H25NO6S/c1-4-21(2,3)15-9-11-17(12-10-15)28-18-7-5-6-8-19(18)29(26,27)22-16(14-23)13-20(24)25/h5-12,14,16,22H,4,13H2,1-3H3,(H,24,25)/t16-/m0/s1. The molecule has 0 aliphatic carbocycles. The van der Waals surface area contributed by atoms with Crippen LogP contribution in [-0.2, 0) is 25.0 Å². The number of sulfonamides is 1. The highest BCUT2D eigenvalue weighted by atomic mass is 32.2. The number of hydrogen-bond donors (Lipinski definition) is 2. The van der Waals surface area contributed by atoms with Crippen molar-refractivity contribution in [1.82, 2.24) is 4.72 Å². The number of hydrogen-bond acceptors (Lipinski definition) is 5. The van der Waals surface area contributed by atoms with Crippen molar-refractivity contribution < 1.29 is 27.9 Å². The zero-order valence-electron chi connectivity index (χ0n) is 16.6. The van der Waals surface area contributed by atoms with Crippen molar-refractivity contribution in [1.29, 1.82) is 0 Å². The van der Waals surface area contributed by atoms with Crippen LogP contribution in [0.4, 0.5) is 0 Å². The summed E-state index contributed by atoms with van der Waals surface area (Å²) in [6, 6.07) is 12.0. The molecule has 29 heavy (non-hydrogen) atoms. The molecule has 1 atom stereocenters. The number of aliphatic carboxylic acids is 1. The number of para-hydroxylation sites is 1.